The Balaban J connectivity index is 0.792. The highest BCUT2D eigenvalue weighted by molar-refractivity contribution is 7.20. The van der Waals surface area contributed by atoms with E-state index in [1.807, 2.05) is 97.1 Å². The Hall–Kier alpha value is -12.5. The Morgan fingerprint density at radius 2 is 0.576 bits per heavy atom. The summed E-state index contributed by atoms with van der Waals surface area (Å²) in [4.78, 5) is 37.8. The molecule has 19 aromatic rings. The molecule has 13 heteroatoms. The van der Waals surface area contributed by atoms with Crippen LogP contribution in [-0.2, 0) is 0 Å². The van der Waals surface area contributed by atoms with Gasteiger partial charge in [-0.3, -0.25) is 4.57 Å². The lowest BCUT2D eigenvalue weighted by molar-refractivity contribution is 0.668. The fourth-order valence-electron chi connectivity index (χ4n) is 14.1. The second kappa shape index (κ2) is 19.3. The number of benzene rings is 12. The van der Waals surface area contributed by atoms with E-state index in [4.69, 9.17) is 52.6 Å². The molecule has 8 heterocycles. The second-order valence-corrected chi connectivity index (χ2v) is 27.2. The van der Waals surface area contributed by atoms with Crippen LogP contribution in [0.25, 0.3) is 173 Å². The summed E-state index contributed by atoms with van der Waals surface area (Å²) in [5, 5.41) is 11.6. The van der Waals surface area contributed by atoms with E-state index in [2.05, 4.69) is 174 Å². The first kappa shape index (κ1) is 50.5. The van der Waals surface area contributed by atoms with Gasteiger partial charge >= 0.3 is 0 Å². The fraction of sp³-hybridized carbons (Fsp3) is 0. The van der Waals surface area contributed by atoms with Crippen molar-refractivity contribution in [3.8, 4) is 74.0 Å². The summed E-state index contributed by atoms with van der Waals surface area (Å²) in [5.74, 6) is 3.02. The Labute approximate surface area is 523 Å². The third kappa shape index (κ3) is 7.54. The zero-order valence-electron chi connectivity index (χ0n) is 48.6. The van der Waals surface area contributed by atoms with Crippen molar-refractivity contribution < 1.29 is 17.7 Å². The van der Waals surface area contributed by atoms with Gasteiger partial charge in [0.2, 0.25) is 8.07 Å². The molecule has 0 fully saturated rings. The Morgan fingerprint density at radius 3 is 0.978 bits per heavy atom. The standard InChI is InChI=1S/C79H44N8O4Si/c1-8-26-64-53(19-1)57-35-31-47(41-68(57)88-64)75-81-73(82-76(85-75)48-32-36-58-54-20-2-9-27-65(54)89-69(58)42-48)45-15-13-17-51(39-45)92(72-30-12-7-25-63(72)87-62-24-6-5-23-61(62)80-79(87)92)52-18-14-16-46(40-52)74-83-77(49-33-37-59-55-21-3-10-28-66(55)90-70(59)43-49)86-78(84-74)50-34-38-60-56-22-4-11-29-67(56)91-71(60)44-50/h1-44H. The molecule has 0 saturated heterocycles. The molecule has 92 heavy (non-hydrogen) atoms. The van der Waals surface area contributed by atoms with Crippen LogP contribution < -0.4 is 21.0 Å². The summed E-state index contributed by atoms with van der Waals surface area (Å²) in [5.41, 5.74) is 15.0. The average molecular weight is 1200 g/mol. The first-order valence-electron chi connectivity index (χ1n) is 30.5. The van der Waals surface area contributed by atoms with Gasteiger partial charge < -0.3 is 17.7 Å². The summed E-state index contributed by atoms with van der Waals surface area (Å²) in [6, 6.07) is 91.9. The second-order valence-electron chi connectivity index (χ2n) is 23.5. The smallest absolute Gasteiger partial charge is 0.226 e. The van der Waals surface area contributed by atoms with Gasteiger partial charge in [0.1, 0.15) is 50.1 Å². The lowest BCUT2D eigenvalue weighted by Crippen LogP contribution is -2.73. The highest BCUT2D eigenvalue weighted by atomic mass is 28.3. The molecule has 428 valence electrons. The first-order valence-corrected chi connectivity index (χ1v) is 32.5. The number of hydrogen-bond donors (Lipinski definition) is 0. The Bertz CT molecular complexity index is 5750. The molecule has 0 radical (unpaired) electrons. The molecule has 12 aromatic carbocycles. The predicted molar refractivity (Wildman–Crippen MR) is 367 cm³/mol. The van der Waals surface area contributed by atoms with Crippen molar-refractivity contribution in [2.45, 2.75) is 0 Å². The summed E-state index contributed by atoms with van der Waals surface area (Å²) < 4.78 is 28.2. The van der Waals surface area contributed by atoms with Crippen LogP contribution in [0.15, 0.2) is 285 Å². The number of aromatic nitrogens is 8. The normalized spacial score (nSPS) is 12.9. The van der Waals surface area contributed by atoms with Crippen molar-refractivity contribution in [1.82, 2.24) is 39.5 Å². The van der Waals surface area contributed by atoms with Crippen LogP contribution in [0.5, 0.6) is 0 Å². The monoisotopic (exact) mass is 1200 g/mol. The van der Waals surface area contributed by atoms with Gasteiger partial charge in [-0.15, -0.1) is 0 Å². The van der Waals surface area contributed by atoms with E-state index in [0.29, 0.717) is 34.9 Å². The van der Waals surface area contributed by atoms with Gasteiger partial charge in [-0.05, 0) is 107 Å². The van der Waals surface area contributed by atoms with E-state index in [9.17, 15) is 0 Å². The van der Waals surface area contributed by atoms with Gasteiger partial charge in [0.05, 0.1) is 11.0 Å². The van der Waals surface area contributed by atoms with Crippen molar-refractivity contribution in [3.63, 3.8) is 0 Å². The van der Waals surface area contributed by atoms with Gasteiger partial charge in [-0.25, -0.2) is 34.9 Å². The van der Waals surface area contributed by atoms with Gasteiger partial charge in [-0.2, -0.15) is 0 Å². The minimum Gasteiger partial charge on any atom is -0.456 e. The molecule has 1 aliphatic heterocycles. The van der Waals surface area contributed by atoms with Crippen LogP contribution in [0.3, 0.4) is 0 Å². The number of imidazole rings is 1. The highest BCUT2D eigenvalue weighted by Crippen LogP contribution is 2.39. The summed E-state index contributed by atoms with van der Waals surface area (Å²) in [6.45, 7) is 0. The SMILES string of the molecule is c1cc(-c2nc(-c3ccc4c(c3)oc3ccccc34)nc(-c3ccc4c(c3)oc3ccccc34)n2)cc([Si]2(c3cccc(-c4nc(-c5ccc6c(c5)oc5ccccc56)nc(-c5ccc6c(c5)oc5ccccc56)n4)c3)c3ccccc3-n3c2nc2ccccc23)c1. The highest BCUT2D eigenvalue weighted by Gasteiger charge is 2.52. The topological polar surface area (TPSA) is 148 Å². The average Bonchev–Trinajstić information content (AvgIpc) is 1.52. The van der Waals surface area contributed by atoms with Gasteiger partial charge in [0.25, 0.3) is 0 Å². The molecule has 0 bridgehead atoms. The largest absolute Gasteiger partial charge is 0.456 e. The number of fused-ring (bicyclic) bond motifs is 17. The van der Waals surface area contributed by atoms with Gasteiger partial charge in [0, 0.05) is 82.2 Å². The first-order chi connectivity index (χ1) is 45.5. The maximum atomic E-state index is 6.46. The van der Waals surface area contributed by atoms with Crippen LogP contribution >= 0.6 is 0 Å². The molecular formula is C79H44N8O4Si. The van der Waals surface area contributed by atoms with E-state index in [1.165, 1.54) is 5.19 Å². The van der Waals surface area contributed by atoms with Crippen molar-refractivity contribution in [1.29, 1.82) is 0 Å². The Kier molecular flexibility index (Phi) is 10.6. The zero-order chi connectivity index (χ0) is 60.2. The lowest BCUT2D eigenvalue weighted by atomic mass is 10.1. The lowest BCUT2D eigenvalue weighted by Gasteiger charge is -2.29. The number of rotatable bonds is 8. The van der Waals surface area contributed by atoms with E-state index in [-0.39, 0.29) is 0 Å². The number of hydrogen-bond acceptors (Lipinski definition) is 11. The fourth-order valence-corrected chi connectivity index (χ4v) is 19.1. The Morgan fingerprint density at radius 1 is 0.250 bits per heavy atom. The summed E-state index contributed by atoms with van der Waals surface area (Å²) >= 11 is 0. The predicted octanol–water partition coefficient (Wildman–Crippen LogP) is 16.7. The molecule has 0 saturated carbocycles. The minimum absolute atomic E-state index is 0.501. The minimum atomic E-state index is -3.48. The third-order valence-electron chi connectivity index (χ3n) is 18.4. The molecular weight excluding hydrogens is 1150 g/mol. The van der Waals surface area contributed by atoms with Crippen LogP contribution in [0.4, 0.5) is 0 Å². The molecule has 0 atom stereocenters. The van der Waals surface area contributed by atoms with E-state index >= 15 is 0 Å². The third-order valence-corrected chi connectivity index (χ3v) is 23.0. The van der Waals surface area contributed by atoms with E-state index in [1.54, 1.807) is 0 Å². The maximum absolute atomic E-state index is 6.46. The van der Waals surface area contributed by atoms with Crippen LogP contribution in [0.1, 0.15) is 0 Å². The van der Waals surface area contributed by atoms with E-state index in [0.717, 1.165) is 154 Å². The van der Waals surface area contributed by atoms with Crippen LogP contribution in [0.2, 0.25) is 0 Å². The van der Waals surface area contributed by atoms with Crippen molar-refractivity contribution in [3.05, 3.63) is 267 Å². The molecule has 12 nitrogen and oxygen atoms in total. The van der Waals surface area contributed by atoms with Gasteiger partial charge in [0.15, 0.2) is 34.9 Å². The molecule has 1 aliphatic rings. The summed E-state index contributed by atoms with van der Waals surface area (Å²) in [7, 11) is -3.48. The number of furan rings is 4. The van der Waals surface area contributed by atoms with E-state index < -0.39 is 8.07 Å². The quantitative estimate of drug-likeness (QED) is 0.134. The number of para-hydroxylation sites is 7. The van der Waals surface area contributed by atoms with Gasteiger partial charge in [-0.1, -0.05) is 176 Å². The molecule has 0 aliphatic carbocycles. The van der Waals surface area contributed by atoms with Crippen LogP contribution in [-0.4, -0.2) is 47.5 Å². The molecule has 0 N–H and O–H groups in total. The maximum Gasteiger partial charge on any atom is 0.226 e. The van der Waals surface area contributed by atoms with Crippen molar-refractivity contribution in [2.75, 3.05) is 0 Å². The molecule has 0 unspecified atom stereocenters. The molecule has 7 aromatic heterocycles. The van der Waals surface area contributed by atoms with Crippen molar-refractivity contribution in [2.24, 2.45) is 0 Å². The molecule has 20 rings (SSSR count). The zero-order valence-corrected chi connectivity index (χ0v) is 49.6. The summed E-state index contributed by atoms with van der Waals surface area (Å²) in [6.07, 6.45) is 0. The molecule has 0 amide bonds. The molecule has 0 spiro atoms. The van der Waals surface area contributed by atoms with Crippen LogP contribution in [0, 0.1) is 0 Å². The van der Waals surface area contributed by atoms with Crippen molar-refractivity contribution >= 4 is 128 Å². The number of nitrogens with zero attached hydrogens (tertiary/aromatic N) is 8.